The number of nitrogens with zero attached hydrogens (tertiary/aromatic N) is 4. The molecule has 0 radical (unpaired) electrons. The number of aromatic nitrogens is 4. The van der Waals surface area contributed by atoms with Crippen molar-refractivity contribution < 1.29 is 0 Å². The minimum absolute atomic E-state index is 0.0558. The molecule has 4 heteroatoms. The van der Waals surface area contributed by atoms with Crippen LogP contribution < -0.4 is 0 Å². The van der Waals surface area contributed by atoms with E-state index in [1.807, 2.05) is 0 Å². The molecule has 3 aromatic heterocycles. The third-order valence-corrected chi connectivity index (χ3v) is 12.5. The first-order chi connectivity index (χ1) is 30.8. The van der Waals surface area contributed by atoms with Crippen molar-refractivity contribution in [2.75, 3.05) is 0 Å². The summed E-state index contributed by atoms with van der Waals surface area (Å²) in [7, 11) is 0. The van der Waals surface area contributed by atoms with Gasteiger partial charge in [-0.2, -0.15) is 0 Å². The van der Waals surface area contributed by atoms with Gasteiger partial charge in [0.15, 0.2) is 0 Å². The van der Waals surface area contributed by atoms with Crippen molar-refractivity contribution in [3.63, 3.8) is 0 Å². The first kappa shape index (κ1) is 38.1. The van der Waals surface area contributed by atoms with Crippen LogP contribution in [0.2, 0.25) is 0 Å². The van der Waals surface area contributed by atoms with E-state index in [4.69, 9.17) is 9.97 Å². The first-order valence-electron chi connectivity index (χ1n) is 21.8. The molecule has 8 aromatic carbocycles. The van der Waals surface area contributed by atoms with Crippen LogP contribution in [0.1, 0.15) is 31.9 Å². The summed E-state index contributed by atoms with van der Waals surface area (Å²) in [6.07, 6.45) is 0. The molecule has 0 aliphatic heterocycles. The van der Waals surface area contributed by atoms with Crippen LogP contribution in [-0.2, 0) is 5.41 Å². The van der Waals surface area contributed by atoms with Gasteiger partial charge in [-0.3, -0.25) is 9.13 Å². The largest absolute Gasteiger partial charge is 0.279 e. The zero-order chi connectivity index (χ0) is 42.7. The molecular formula is C59H46N4. The number of hydrogen-bond acceptors (Lipinski definition) is 2. The molecule has 0 amide bonds. The summed E-state index contributed by atoms with van der Waals surface area (Å²) < 4.78 is 4.76. The predicted octanol–water partition coefficient (Wildman–Crippen LogP) is 15.5. The highest BCUT2D eigenvalue weighted by atomic mass is 15.3. The van der Waals surface area contributed by atoms with Crippen LogP contribution in [0.5, 0.6) is 0 Å². The maximum absolute atomic E-state index is 5.83. The number of pyridine rings is 1. The maximum atomic E-state index is 5.83. The normalized spacial score (nSPS) is 11.8. The Kier molecular flexibility index (Phi) is 9.24. The molecule has 0 aliphatic carbocycles. The second-order valence-electron chi connectivity index (χ2n) is 17.4. The Balaban J connectivity index is 1.27. The van der Waals surface area contributed by atoms with Crippen molar-refractivity contribution in [2.45, 2.75) is 33.1 Å². The summed E-state index contributed by atoms with van der Waals surface area (Å²) in [4.78, 5) is 11.3. The topological polar surface area (TPSA) is 35.6 Å². The molecule has 0 atom stereocenters. The fraction of sp³-hybridized carbons (Fsp3) is 0.0847. The second kappa shape index (κ2) is 15.3. The van der Waals surface area contributed by atoms with Crippen molar-refractivity contribution in [1.29, 1.82) is 0 Å². The molecule has 11 rings (SSSR count). The van der Waals surface area contributed by atoms with Gasteiger partial charge in [-0.1, -0.05) is 191 Å². The quantitative estimate of drug-likeness (QED) is 0.161. The monoisotopic (exact) mass is 810 g/mol. The van der Waals surface area contributed by atoms with Crippen LogP contribution >= 0.6 is 0 Å². The van der Waals surface area contributed by atoms with Crippen molar-refractivity contribution in [1.82, 2.24) is 19.1 Å². The Hall–Kier alpha value is -7.82. The molecule has 0 saturated carbocycles. The van der Waals surface area contributed by atoms with Gasteiger partial charge < -0.3 is 0 Å². The van der Waals surface area contributed by atoms with Crippen LogP contribution in [0, 0.1) is 6.92 Å². The minimum atomic E-state index is -0.0558. The molecule has 0 spiro atoms. The van der Waals surface area contributed by atoms with E-state index in [-0.39, 0.29) is 5.41 Å². The van der Waals surface area contributed by atoms with Gasteiger partial charge in [-0.05, 0) is 87.7 Å². The van der Waals surface area contributed by atoms with Gasteiger partial charge in [0, 0.05) is 27.5 Å². The third kappa shape index (κ3) is 6.54. The molecule has 0 unspecified atom stereocenters. The molecule has 0 N–H and O–H groups in total. The SMILES string of the molecule is Cc1c(-c2ccccc2)cc(-c2cccc3c2nc(-n2c4ccccc4c4c(-c5ccccc5)cccc42)n3-c2ccc(C(C)(C)C)cc2-c2ccccc2)nc1-c1ccccc1. The van der Waals surface area contributed by atoms with E-state index >= 15 is 0 Å². The lowest BCUT2D eigenvalue weighted by molar-refractivity contribution is 0.590. The van der Waals surface area contributed by atoms with E-state index < -0.39 is 0 Å². The molecular weight excluding hydrogens is 765 g/mol. The molecule has 63 heavy (non-hydrogen) atoms. The fourth-order valence-electron chi connectivity index (χ4n) is 9.36. The number of benzene rings is 8. The van der Waals surface area contributed by atoms with Crippen LogP contribution in [0.4, 0.5) is 0 Å². The smallest absolute Gasteiger partial charge is 0.220 e. The highest BCUT2D eigenvalue weighted by molar-refractivity contribution is 6.16. The average Bonchev–Trinajstić information content (AvgIpc) is 3.88. The van der Waals surface area contributed by atoms with Gasteiger partial charge >= 0.3 is 0 Å². The summed E-state index contributed by atoms with van der Waals surface area (Å²) in [5.41, 5.74) is 18.3. The number of para-hydroxylation sites is 2. The van der Waals surface area contributed by atoms with Gasteiger partial charge in [-0.25, -0.2) is 9.97 Å². The maximum Gasteiger partial charge on any atom is 0.220 e. The Labute approximate surface area is 368 Å². The van der Waals surface area contributed by atoms with Gasteiger partial charge in [0.2, 0.25) is 5.95 Å². The number of imidazole rings is 1. The van der Waals surface area contributed by atoms with Crippen molar-refractivity contribution >= 4 is 32.8 Å². The summed E-state index contributed by atoms with van der Waals surface area (Å²) in [6.45, 7) is 9.04. The van der Waals surface area contributed by atoms with E-state index in [9.17, 15) is 0 Å². The molecule has 3 heterocycles. The van der Waals surface area contributed by atoms with Gasteiger partial charge in [0.1, 0.15) is 5.52 Å². The first-order valence-corrected chi connectivity index (χ1v) is 21.8. The van der Waals surface area contributed by atoms with E-state index in [1.54, 1.807) is 0 Å². The molecule has 0 aliphatic rings. The van der Waals surface area contributed by atoms with E-state index in [0.717, 1.165) is 84.0 Å². The molecule has 302 valence electrons. The number of fused-ring (bicyclic) bond motifs is 4. The van der Waals surface area contributed by atoms with E-state index in [1.165, 1.54) is 27.5 Å². The van der Waals surface area contributed by atoms with Gasteiger partial charge in [-0.15, -0.1) is 0 Å². The Bertz CT molecular complexity index is 3400. The summed E-state index contributed by atoms with van der Waals surface area (Å²) in [6, 6.07) is 73.9. The Morgan fingerprint density at radius 3 is 1.60 bits per heavy atom. The van der Waals surface area contributed by atoms with Gasteiger partial charge in [0.25, 0.3) is 0 Å². The lowest BCUT2D eigenvalue weighted by Gasteiger charge is -2.23. The highest BCUT2D eigenvalue weighted by Gasteiger charge is 2.26. The molecule has 0 fully saturated rings. The van der Waals surface area contributed by atoms with E-state index in [2.05, 4.69) is 243 Å². The summed E-state index contributed by atoms with van der Waals surface area (Å²) >= 11 is 0. The van der Waals surface area contributed by atoms with Gasteiger partial charge in [0.05, 0.1) is 33.6 Å². The summed E-state index contributed by atoms with van der Waals surface area (Å²) in [5, 5.41) is 2.38. The van der Waals surface area contributed by atoms with Crippen LogP contribution in [-0.4, -0.2) is 19.1 Å². The average molecular weight is 811 g/mol. The zero-order valence-corrected chi connectivity index (χ0v) is 35.9. The molecule has 0 saturated heterocycles. The number of hydrogen-bond donors (Lipinski definition) is 0. The molecule has 11 aromatic rings. The summed E-state index contributed by atoms with van der Waals surface area (Å²) in [5.74, 6) is 0.813. The van der Waals surface area contributed by atoms with E-state index in [0.29, 0.717) is 0 Å². The third-order valence-electron chi connectivity index (χ3n) is 12.5. The predicted molar refractivity (Wildman–Crippen MR) is 264 cm³/mol. The molecule has 0 bridgehead atoms. The zero-order valence-electron chi connectivity index (χ0n) is 35.9. The second-order valence-corrected chi connectivity index (χ2v) is 17.4. The standard InChI is InChI=1S/C59H46N4/c1-39-48(41-23-11-6-12-24-41)38-50(60-56(39)43-27-15-8-16-28-43)46-31-20-34-54-57(46)61-58(63(54)52-36-35-44(59(2,3)4)37-49(52)42-25-13-7-14-26-42)62-51-32-18-17-29-47(51)55-45(30-19-33-53(55)62)40-21-9-5-10-22-40/h5-38H,1-4H3. The lowest BCUT2D eigenvalue weighted by atomic mass is 9.85. The van der Waals surface area contributed by atoms with Crippen LogP contribution in [0.3, 0.4) is 0 Å². The molecule has 4 nitrogen and oxygen atoms in total. The highest BCUT2D eigenvalue weighted by Crippen LogP contribution is 2.43. The van der Waals surface area contributed by atoms with Crippen LogP contribution in [0.25, 0.3) is 100 Å². The minimum Gasteiger partial charge on any atom is -0.279 e. The van der Waals surface area contributed by atoms with Crippen molar-refractivity contribution in [3.05, 3.63) is 217 Å². The van der Waals surface area contributed by atoms with Crippen LogP contribution in [0.15, 0.2) is 206 Å². The number of rotatable bonds is 7. The van der Waals surface area contributed by atoms with Crippen molar-refractivity contribution in [2.24, 2.45) is 0 Å². The van der Waals surface area contributed by atoms with Crippen molar-refractivity contribution in [3.8, 4) is 67.5 Å². The fourth-order valence-corrected chi connectivity index (χ4v) is 9.36. The Morgan fingerprint density at radius 1 is 0.413 bits per heavy atom. The lowest BCUT2D eigenvalue weighted by Crippen LogP contribution is -2.12. The Morgan fingerprint density at radius 2 is 0.952 bits per heavy atom.